The Labute approximate surface area is 249 Å². The molecule has 0 bridgehead atoms. The summed E-state index contributed by atoms with van der Waals surface area (Å²) in [5, 5.41) is 0. The summed E-state index contributed by atoms with van der Waals surface area (Å²) < 4.78 is 35.0. The number of amides is 2. The zero-order valence-corrected chi connectivity index (χ0v) is 24.0. The van der Waals surface area contributed by atoms with E-state index < -0.39 is 35.7 Å². The van der Waals surface area contributed by atoms with Crippen molar-refractivity contribution in [2.45, 2.75) is 52.0 Å². The minimum absolute atomic E-state index is 0.0168. The third-order valence-electron chi connectivity index (χ3n) is 7.87. The minimum atomic E-state index is -1.03. The molecule has 0 aromatic heterocycles. The van der Waals surface area contributed by atoms with Crippen molar-refractivity contribution in [2.24, 2.45) is 0 Å². The summed E-state index contributed by atoms with van der Waals surface area (Å²) in [6, 6.07) is 25.7. The Bertz CT molecular complexity index is 1620. The molecular weight excluding hydrogens is 550 g/mol. The van der Waals surface area contributed by atoms with Crippen molar-refractivity contribution in [2.75, 3.05) is 0 Å². The number of carbonyl (C=O) groups excluding carboxylic acids is 3. The van der Waals surface area contributed by atoms with E-state index in [1.807, 2.05) is 54.6 Å². The van der Waals surface area contributed by atoms with Crippen LogP contribution in [0.1, 0.15) is 58.1 Å². The van der Waals surface area contributed by atoms with Crippen LogP contribution < -0.4 is 0 Å². The number of rotatable bonds is 8. The van der Waals surface area contributed by atoms with Gasteiger partial charge in [0.2, 0.25) is 5.91 Å². The first kappa shape index (κ1) is 29.6. The number of Topliss-reactive ketones (excluding diaryl/α,β-unsaturated/α-hetero) is 1. The van der Waals surface area contributed by atoms with Crippen LogP contribution in [0.25, 0.3) is 0 Å². The molecule has 43 heavy (non-hydrogen) atoms. The third kappa shape index (κ3) is 6.64. The molecule has 0 aliphatic carbocycles. The fourth-order valence-corrected chi connectivity index (χ4v) is 5.39. The molecule has 6 nitrogen and oxygen atoms in total. The first-order valence-electron chi connectivity index (χ1n) is 14.1. The van der Waals surface area contributed by atoms with Crippen LogP contribution in [0.4, 0.5) is 13.6 Å². The quantitative estimate of drug-likeness (QED) is 0.210. The van der Waals surface area contributed by atoms with Crippen LogP contribution in [0, 0.1) is 11.6 Å². The van der Waals surface area contributed by atoms with Crippen molar-refractivity contribution in [1.29, 1.82) is 0 Å². The summed E-state index contributed by atoms with van der Waals surface area (Å²) in [6.07, 6.45) is -0.417. The van der Waals surface area contributed by atoms with E-state index in [1.165, 1.54) is 28.9 Å². The smallest absolute Gasteiger partial charge is 0.411 e. The van der Waals surface area contributed by atoms with Crippen molar-refractivity contribution in [1.82, 2.24) is 9.80 Å². The molecule has 0 saturated heterocycles. The number of halogens is 2. The Hall–Kier alpha value is -4.85. The molecule has 0 N–H and O–H groups in total. The minimum Gasteiger partial charge on any atom is -0.445 e. The van der Waals surface area contributed by atoms with Crippen LogP contribution in [0.2, 0.25) is 0 Å². The average molecular weight is 583 g/mol. The fourth-order valence-electron chi connectivity index (χ4n) is 5.39. The highest BCUT2D eigenvalue weighted by Gasteiger charge is 2.39. The predicted octanol–water partition coefficient (Wildman–Crippen LogP) is 7.02. The molecule has 4 aromatic carbocycles. The number of ketones is 1. The second-order valence-corrected chi connectivity index (χ2v) is 10.7. The van der Waals surface area contributed by atoms with Gasteiger partial charge in [0, 0.05) is 24.1 Å². The molecule has 1 heterocycles. The Balaban J connectivity index is 1.50. The van der Waals surface area contributed by atoms with E-state index in [0.717, 1.165) is 22.8 Å². The second kappa shape index (κ2) is 13.0. The maximum atomic E-state index is 15.0. The van der Waals surface area contributed by atoms with Gasteiger partial charge in [0.1, 0.15) is 12.6 Å². The molecular formula is C35H32F2N2O4. The Morgan fingerprint density at radius 3 is 2.23 bits per heavy atom. The molecule has 0 saturated carbocycles. The SMILES string of the molecule is CC(=O)c1ccc(CN(C(=O)[C@@H]2Cc3ccccc3CN2C(=O)OCc2ccccc2)[C@H](C)c2cccc(F)c2F)cc1. The van der Waals surface area contributed by atoms with Crippen LogP contribution in [-0.2, 0) is 35.6 Å². The normalized spacial score (nSPS) is 14.9. The first-order chi connectivity index (χ1) is 20.7. The van der Waals surface area contributed by atoms with E-state index in [9.17, 15) is 18.8 Å². The number of nitrogens with zero attached hydrogens (tertiary/aromatic N) is 2. The number of benzene rings is 4. The number of hydrogen-bond acceptors (Lipinski definition) is 4. The van der Waals surface area contributed by atoms with Gasteiger partial charge in [0.15, 0.2) is 17.4 Å². The lowest BCUT2D eigenvalue weighted by Crippen LogP contribution is -2.54. The van der Waals surface area contributed by atoms with Gasteiger partial charge in [-0.15, -0.1) is 0 Å². The van der Waals surface area contributed by atoms with Gasteiger partial charge in [-0.25, -0.2) is 13.6 Å². The monoisotopic (exact) mass is 582 g/mol. The molecule has 0 radical (unpaired) electrons. The number of carbonyl (C=O) groups is 3. The first-order valence-corrected chi connectivity index (χ1v) is 14.1. The van der Waals surface area contributed by atoms with Crippen LogP contribution >= 0.6 is 0 Å². The van der Waals surface area contributed by atoms with E-state index in [-0.39, 0.29) is 37.5 Å². The molecule has 1 aliphatic heterocycles. The summed E-state index contributed by atoms with van der Waals surface area (Å²) in [6.45, 7) is 3.33. The summed E-state index contributed by atoms with van der Waals surface area (Å²) in [4.78, 5) is 42.7. The van der Waals surface area contributed by atoms with Crippen molar-refractivity contribution in [3.63, 3.8) is 0 Å². The van der Waals surface area contributed by atoms with Crippen molar-refractivity contribution >= 4 is 17.8 Å². The summed E-state index contributed by atoms with van der Waals surface area (Å²) in [5.41, 5.74) is 3.85. The Kier molecular flexibility index (Phi) is 8.95. The summed E-state index contributed by atoms with van der Waals surface area (Å²) >= 11 is 0. The summed E-state index contributed by atoms with van der Waals surface area (Å²) in [7, 11) is 0. The van der Waals surface area contributed by atoms with E-state index in [2.05, 4.69) is 0 Å². The topological polar surface area (TPSA) is 66.9 Å². The highest BCUT2D eigenvalue weighted by molar-refractivity contribution is 5.94. The van der Waals surface area contributed by atoms with Gasteiger partial charge in [0.05, 0.1) is 12.6 Å². The van der Waals surface area contributed by atoms with Crippen molar-refractivity contribution in [3.05, 3.63) is 142 Å². The molecule has 220 valence electrons. The summed E-state index contributed by atoms with van der Waals surface area (Å²) in [5.74, 6) is -2.58. The molecule has 2 atom stereocenters. The highest BCUT2D eigenvalue weighted by Crippen LogP contribution is 2.31. The maximum absolute atomic E-state index is 15.0. The van der Waals surface area contributed by atoms with E-state index in [1.54, 1.807) is 31.2 Å². The molecule has 8 heteroatoms. The average Bonchev–Trinajstić information content (AvgIpc) is 3.03. The fraction of sp³-hybridized carbons (Fsp3) is 0.229. The maximum Gasteiger partial charge on any atom is 0.411 e. The zero-order chi connectivity index (χ0) is 30.5. The molecule has 0 spiro atoms. The lowest BCUT2D eigenvalue weighted by Gasteiger charge is -2.40. The molecule has 2 amide bonds. The van der Waals surface area contributed by atoms with E-state index >= 15 is 4.39 Å². The van der Waals surface area contributed by atoms with Gasteiger partial charge >= 0.3 is 6.09 Å². The molecule has 1 aliphatic rings. The van der Waals surface area contributed by atoms with Gasteiger partial charge in [-0.2, -0.15) is 0 Å². The predicted molar refractivity (Wildman–Crippen MR) is 158 cm³/mol. The van der Waals surface area contributed by atoms with Gasteiger partial charge in [-0.05, 0) is 42.2 Å². The van der Waals surface area contributed by atoms with Gasteiger partial charge < -0.3 is 9.64 Å². The van der Waals surface area contributed by atoms with Gasteiger partial charge in [0.25, 0.3) is 0 Å². The van der Waals surface area contributed by atoms with Crippen LogP contribution in [0.5, 0.6) is 0 Å². The Morgan fingerprint density at radius 2 is 1.53 bits per heavy atom. The highest BCUT2D eigenvalue weighted by atomic mass is 19.2. The second-order valence-electron chi connectivity index (χ2n) is 10.7. The lowest BCUT2D eigenvalue weighted by molar-refractivity contribution is -0.140. The molecule has 0 fully saturated rings. The lowest BCUT2D eigenvalue weighted by atomic mass is 9.92. The standard InChI is InChI=1S/C35H32F2N2O4/c1-23(30-13-8-14-31(36)33(30)37)38(20-25-15-17-27(18-16-25)24(2)40)34(41)32-19-28-11-6-7-12-29(28)21-39(32)35(42)43-22-26-9-4-3-5-10-26/h3-18,23,32H,19-22H2,1-2H3/t23-,32+/m1/s1. The largest absolute Gasteiger partial charge is 0.445 e. The number of fused-ring (bicyclic) bond motifs is 1. The van der Waals surface area contributed by atoms with Crippen molar-refractivity contribution in [3.8, 4) is 0 Å². The third-order valence-corrected chi connectivity index (χ3v) is 7.87. The van der Waals surface area contributed by atoms with E-state index in [0.29, 0.717) is 11.1 Å². The number of hydrogen-bond donors (Lipinski definition) is 0. The Morgan fingerprint density at radius 1 is 0.860 bits per heavy atom. The zero-order valence-electron chi connectivity index (χ0n) is 24.0. The van der Waals surface area contributed by atoms with Crippen LogP contribution in [0.15, 0.2) is 97.1 Å². The van der Waals surface area contributed by atoms with Crippen molar-refractivity contribution < 1.29 is 27.9 Å². The molecule has 5 rings (SSSR count). The van der Waals surface area contributed by atoms with Gasteiger partial charge in [-0.1, -0.05) is 91.0 Å². The van der Waals surface area contributed by atoms with Crippen LogP contribution in [0.3, 0.4) is 0 Å². The molecule has 0 unspecified atom stereocenters. The molecule has 4 aromatic rings. The van der Waals surface area contributed by atoms with Crippen LogP contribution in [-0.4, -0.2) is 33.6 Å². The van der Waals surface area contributed by atoms with Gasteiger partial charge in [-0.3, -0.25) is 14.5 Å². The number of ether oxygens (including phenoxy) is 1. The van der Waals surface area contributed by atoms with E-state index in [4.69, 9.17) is 4.74 Å².